The fourth-order valence-corrected chi connectivity index (χ4v) is 14.2. The number of benzene rings is 10. The van der Waals surface area contributed by atoms with Gasteiger partial charge in [-0.05, 0) is 172 Å². The number of likely N-dealkylation sites (tertiary alicyclic amines) is 4. The van der Waals surface area contributed by atoms with E-state index in [0.717, 1.165) is 109 Å². The van der Waals surface area contributed by atoms with Crippen molar-refractivity contribution < 1.29 is 53.2 Å². The normalized spacial score (nSPS) is 16.3. The molecule has 581 valence electrons. The Morgan fingerprint density at radius 1 is 0.396 bits per heavy atom. The van der Waals surface area contributed by atoms with Gasteiger partial charge in [0.25, 0.3) is 0 Å². The van der Waals surface area contributed by atoms with Gasteiger partial charge < -0.3 is 48.5 Å². The number of fused-ring (bicyclic) bond motifs is 2. The molecular weight excluding hydrogens is 2150 g/mol. The molecule has 4 saturated heterocycles. The Labute approximate surface area is 727 Å². The van der Waals surface area contributed by atoms with Crippen LogP contribution in [-0.2, 0) is 80.2 Å². The Kier molecular flexibility index (Phi) is 36.4. The molecule has 14 rings (SSSR count). The average molecular weight is 2240 g/mol. The number of carboxylic acid groups (broad SMARTS) is 1. The van der Waals surface area contributed by atoms with Gasteiger partial charge >= 0.3 is 136 Å². The summed E-state index contributed by atoms with van der Waals surface area (Å²) in [6.07, 6.45) is 7.40. The van der Waals surface area contributed by atoms with Crippen LogP contribution in [0.2, 0.25) is 0 Å². The number of nitrogen functional groups attached to an aromatic ring is 1. The number of nitrogens with two attached hydrogens (primary N) is 1. The number of nitrogens with one attached hydrogen (secondary N) is 2. The molecule has 0 aromatic heterocycles. The van der Waals surface area contributed by atoms with Crippen molar-refractivity contribution in [2.24, 2.45) is 0 Å². The van der Waals surface area contributed by atoms with Crippen molar-refractivity contribution in [3.63, 3.8) is 0 Å². The molecule has 0 radical (unpaired) electrons. The maximum atomic E-state index is 13.4. The monoisotopic (exact) mass is 2240 g/mol. The maximum absolute atomic E-state index is 13.4. The Bertz CT molecular complexity index is 4800. The molecule has 4 fully saturated rings. The molecular formula is C87H91I6N7O9V2-. The van der Waals surface area contributed by atoms with Crippen molar-refractivity contribution in [2.75, 3.05) is 42.5 Å². The van der Waals surface area contributed by atoms with Crippen LogP contribution in [0.4, 0.5) is 17.1 Å². The first-order valence-corrected chi connectivity index (χ1v) is 62.9. The minimum absolute atomic E-state index is 0. The SMILES string of the molecule is C.Nc1ccc2cc(-c3ccc(NC(=O)[C@@H]4CCCN4C(=O)Cc4ccccc4)cc3)ccc2c1.O=C(Cc1ccc2cc(-c3ccc(NC(=O)[C@@H]4CCCN4C(=O)Cc4ccccc4)cc3)ccc2c1)[C@@H]1CCCN1C(=O)Cc1ccccc1.O=C(O)[C@@H]1CCCN1C(=O)Cc1ccccc1.[2H][V]([I])[I].[CH3-].[I][V]([I])([I])[I]. The number of amides is 6. The molecule has 111 heavy (non-hydrogen) atoms. The molecule has 4 atom stereocenters. The van der Waals surface area contributed by atoms with Crippen molar-refractivity contribution in [2.45, 2.75) is 115 Å². The number of aliphatic carboxylic acids is 1. The number of hydrogen-bond acceptors (Lipinski definition) is 9. The van der Waals surface area contributed by atoms with Crippen molar-refractivity contribution in [1.82, 2.24) is 19.6 Å². The van der Waals surface area contributed by atoms with Gasteiger partial charge in [-0.15, -0.1) is 0 Å². The van der Waals surface area contributed by atoms with E-state index in [1.54, 1.807) is 14.7 Å². The van der Waals surface area contributed by atoms with E-state index in [1.165, 1.54) is 4.90 Å². The molecule has 24 heteroatoms. The van der Waals surface area contributed by atoms with Crippen LogP contribution in [-0.4, -0.2) is 123 Å². The van der Waals surface area contributed by atoms with E-state index < -0.39 is 33.8 Å². The number of rotatable bonds is 18. The van der Waals surface area contributed by atoms with E-state index in [1.807, 2.05) is 194 Å². The van der Waals surface area contributed by atoms with E-state index in [2.05, 4.69) is 179 Å². The van der Waals surface area contributed by atoms with Crippen LogP contribution in [0.1, 0.15) is 86.6 Å². The number of anilines is 3. The van der Waals surface area contributed by atoms with E-state index >= 15 is 0 Å². The number of halogens is 6. The molecule has 0 unspecified atom stereocenters. The quantitative estimate of drug-likeness (QED) is 0.0362. The number of ketones is 1. The summed E-state index contributed by atoms with van der Waals surface area (Å²) >= 11 is 14.3. The number of nitrogens with zero attached hydrogens (tertiary/aromatic N) is 4. The summed E-state index contributed by atoms with van der Waals surface area (Å²) in [5.74, 6) is -1.20. The fourth-order valence-electron chi connectivity index (χ4n) is 14.2. The summed E-state index contributed by atoms with van der Waals surface area (Å²) in [5, 5.41) is 19.4. The Morgan fingerprint density at radius 3 is 1.05 bits per heavy atom. The van der Waals surface area contributed by atoms with Crippen molar-refractivity contribution in [1.29, 1.82) is 0.879 Å². The molecule has 0 bridgehead atoms. The molecule has 4 aliphatic heterocycles. The van der Waals surface area contributed by atoms with Crippen LogP contribution < -0.4 is 16.4 Å². The predicted octanol–water partition coefficient (Wildman–Crippen LogP) is 19.7. The number of carbonyl (C=O) groups excluding carboxylic acids is 7. The first kappa shape index (κ1) is 89.0. The van der Waals surface area contributed by atoms with Crippen LogP contribution in [0.15, 0.2) is 243 Å². The summed E-state index contributed by atoms with van der Waals surface area (Å²) in [6.45, 7) is 2.40. The van der Waals surface area contributed by atoms with Gasteiger partial charge in [0, 0.05) is 49.7 Å². The molecule has 16 nitrogen and oxygen atoms in total. The van der Waals surface area contributed by atoms with Crippen LogP contribution in [0, 0.1) is 7.43 Å². The van der Waals surface area contributed by atoms with E-state index in [-0.39, 0.29) is 68.5 Å². The van der Waals surface area contributed by atoms with Gasteiger partial charge in [0.1, 0.15) is 18.1 Å². The van der Waals surface area contributed by atoms with Gasteiger partial charge in [-0.25, -0.2) is 4.79 Å². The van der Waals surface area contributed by atoms with E-state index in [9.17, 15) is 38.4 Å². The number of Topliss-reactive ketones (excluding diaryl/α,β-unsaturated/α-hetero) is 1. The molecule has 4 aliphatic rings. The van der Waals surface area contributed by atoms with Gasteiger partial charge in [-0.2, -0.15) is 0 Å². The standard InChI is InChI=1S/C43H41N3O4.C29H27N3O2.C13H15NO3.CH4.CH3.6HI.2V.H/c47-40(38-13-7-23-45(38)41(48)27-30-9-3-1-4-10-30)26-32-15-16-36-29-35(18-17-34(36)25-32)33-19-21-37(22-20-33)44-43(50)39-14-8-24-46(39)42(49)28-31-11-5-2-6-12-31;30-25-13-10-23-18-22(8-9-24(23)19-25)21-11-14-26(15-12-21)31-29(34)27-7-4-16-32(27)28(33)17-20-5-2-1-3-6-20;15-12(9-10-5-2-1-3-6-10)14-8-4-7-11(14)13(16)17;;;;;;;;;;;/h1-6,9-12,15-22,25,29,38-39H,7-8,13-14,23-24,26-28H2,(H,44,50);1-3,5-6,8-15,18-19,27H,4,7,16-17,30H2,(H,31,34);1-3,5-6,11H,4,7-9H2,(H,16,17);1H4;1H3;6*1H;;;/q;;;;-1;;;;;;;+2;+4;/p-6/t38-,39-;27-;11-;;;;;;;;;;;/m000.........../s1/i;;;;;;;;;;;;;1+1. The predicted molar refractivity (Wildman–Crippen MR) is 495 cm³/mol. The number of carbonyl (C=O) groups is 8. The zero-order valence-electron chi connectivity index (χ0n) is 61.7. The molecule has 10 aromatic rings. The Hall–Kier alpha value is -5.97. The first-order chi connectivity index (χ1) is 52.9. The molecule has 4 heterocycles. The van der Waals surface area contributed by atoms with Crippen LogP contribution in [0.5, 0.6) is 0 Å². The topological polar surface area (TPSA) is 220 Å². The van der Waals surface area contributed by atoms with Gasteiger partial charge in [-0.1, -0.05) is 202 Å². The van der Waals surface area contributed by atoms with Crippen molar-refractivity contribution in [3.05, 3.63) is 278 Å². The molecule has 6 amide bonds. The summed E-state index contributed by atoms with van der Waals surface area (Å²) in [5.41, 5.74) is 17.0. The Balaban J connectivity index is 0.000000218. The van der Waals surface area contributed by atoms with Crippen LogP contribution >= 0.6 is 120 Å². The van der Waals surface area contributed by atoms with E-state index in [4.69, 9.17) is 11.7 Å². The minimum atomic E-state index is -0.998. The van der Waals surface area contributed by atoms with Gasteiger partial charge in [0.05, 0.1) is 31.7 Å². The van der Waals surface area contributed by atoms with E-state index in [0.29, 0.717) is 83.2 Å². The second-order valence-electron chi connectivity index (χ2n) is 26.9. The first-order valence-electron chi connectivity index (χ1n) is 36.4. The molecule has 0 aliphatic carbocycles. The molecule has 0 spiro atoms. The summed E-state index contributed by atoms with van der Waals surface area (Å²) in [4.78, 5) is 108. The Morgan fingerprint density at radius 2 is 0.685 bits per heavy atom. The van der Waals surface area contributed by atoms with Gasteiger partial charge in [0.15, 0.2) is 5.78 Å². The second kappa shape index (κ2) is 45.4. The third kappa shape index (κ3) is 27.6. The van der Waals surface area contributed by atoms with Crippen molar-refractivity contribution >= 4 is 206 Å². The second-order valence-corrected chi connectivity index (χ2v) is 109. The summed E-state index contributed by atoms with van der Waals surface area (Å²) in [6, 6.07) is 76.7. The third-order valence-electron chi connectivity index (χ3n) is 19.5. The fraction of sp³-hybridized carbons (Fsp3) is 0.253. The molecule has 5 N–H and O–H groups in total. The number of carboxylic acids is 1. The zero-order valence-corrected chi connectivity index (χ0v) is 76.4. The summed E-state index contributed by atoms with van der Waals surface area (Å²) in [7, 11) is -0.998. The third-order valence-corrected chi connectivity index (χ3v) is 19.5. The van der Waals surface area contributed by atoms with Crippen LogP contribution in [0.25, 0.3) is 43.8 Å². The molecule has 0 saturated carbocycles. The number of hydrogen-bond donors (Lipinski definition) is 4. The van der Waals surface area contributed by atoms with Crippen molar-refractivity contribution in [3.8, 4) is 22.3 Å². The average Bonchev–Trinajstić information content (AvgIpc) is 0.826. The molecule has 10 aromatic carbocycles. The van der Waals surface area contributed by atoms with Gasteiger partial charge in [0.2, 0.25) is 35.4 Å². The zero-order chi connectivity index (χ0) is 78.3. The van der Waals surface area contributed by atoms with Crippen LogP contribution in [0.3, 0.4) is 0 Å². The van der Waals surface area contributed by atoms with Gasteiger partial charge in [-0.3, -0.25) is 33.6 Å². The summed E-state index contributed by atoms with van der Waals surface area (Å²) < 4.78 is 5.71.